The maximum absolute atomic E-state index is 11.9. The molecule has 0 bridgehead atoms. The summed E-state index contributed by atoms with van der Waals surface area (Å²) < 4.78 is 0. The molecule has 0 aliphatic rings. The molecule has 23 heavy (non-hydrogen) atoms. The van der Waals surface area contributed by atoms with Gasteiger partial charge in [0.2, 0.25) is 5.91 Å². The lowest BCUT2D eigenvalue weighted by Gasteiger charge is -2.13. The van der Waals surface area contributed by atoms with Crippen molar-refractivity contribution in [1.82, 2.24) is 5.32 Å². The number of carbonyl (C=O) groups is 1. The molecule has 4 heteroatoms. The molecule has 0 saturated heterocycles. The molecule has 0 saturated carbocycles. The monoisotopic (exact) mass is 311 g/mol. The zero-order valence-corrected chi connectivity index (χ0v) is 14.1. The lowest BCUT2D eigenvalue weighted by molar-refractivity contribution is -0.116. The van der Waals surface area contributed by atoms with E-state index < -0.39 is 0 Å². The predicted octanol–water partition coefficient (Wildman–Crippen LogP) is 3.18. The molecule has 4 nitrogen and oxygen atoms in total. The minimum atomic E-state index is 0.0272. The first-order chi connectivity index (χ1) is 11.0. The molecule has 1 amide bonds. The summed E-state index contributed by atoms with van der Waals surface area (Å²) in [5.74, 6) is 0.0272. The van der Waals surface area contributed by atoms with Gasteiger partial charge in [0.25, 0.3) is 0 Å². The molecule has 0 atom stereocenters. The third-order valence-electron chi connectivity index (χ3n) is 3.61. The van der Waals surface area contributed by atoms with E-state index in [1.54, 1.807) is 0 Å². The number of carbonyl (C=O) groups excluding carboxylic acids is 1. The smallest absolute Gasteiger partial charge is 0.225 e. The lowest BCUT2D eigenvalue weighted by atomic mass is 10.1. The first-order valence-electron chi connectivity index (χ1n) is 7.88. The van der Waals surface area contributed by atoms with Gasteiger partial charge < -0.3 is 15.5 Å². The molecule has 0 aliphatic heterocycles. The van der Waals surface area contributed by atoms with Gasteiger partial charge in [0.1, 0.15) is 0 Å². The van der Waals surface area contributed by atoms with Gasteiger partial charge in [-0.05, 0) is 36.8 Å². The summed E-state index contributed by atoms with van der Waals surface area (Å²) in [4.78, 5) is 14.0. The molecule has 2 rings (SSSR count). The van der Waals surface area contributed by atoms with Crippen LogP contribution in [0.5, 0.6) is 0 Å². The van der Waals surface area contributed by atoms with Crippen molar-refractivity contribution in [1.29, 1.82) is 0 Å². The van der Waals surface area contributed by atoms with E-state index in [-0.39, 0.29) is 5.91 Å². The number of amides is 1. The molecule has 2 aromatic rings. The zero-order chi connectivity index (χ0) is 16.7. The van der Waals surface area contributed by atoms with E-state index >= 15 is 0 Å². The Morgan fingerprint density at radius 2 is 1.83 bits per heavy atom. The standard InChI is InChI=1S/C19H25N3O/c1-15-5-4-6-16(13-15)14-20-12-11-19(23)21-17-7-9-18(10-8-17)22(2)3/h4-10,13,20H,11-12,14H2,1-3H3,(H,21,23). The number of anilines is 2. The van der Waals surface area contributed by atoms with Crippen LogP contribution in [0.15, 0.2) is 48.5 Å². The van der Waals surface area contributed by atoms with Gasteiger partial charge in [0, 0.05) is 45.0 Å². The molecule has 122 valence electrons. The molecule has 2 aromatic carbocycles. The summed E-state index contributed by atoms with van der Waals surface area (Å²) in [6.07, 6.45) is 0.460. The molecule has 0 heterocycles. The van der Waals surface area contributed by atoms with Crippen LogP contribution in [0, 0.1) is 6.92 Å². The normalized spacial score (nSPS) is 10.4. The molecule has 0 aromatic heterocycles. The Morgan fingerprint density at radius 1 is 1.09 bits per heavy atom. The van der Waals surface area contributed by atoms with Crippen LogP contribution >= 0.6 is 0 Å². The Bertz CT molecular complexity index is 635. The second-order valence-electron chi connectivity index (χ2n) is 5.91. The maximum Gasteiger partial charge on any atom is 0.225 e. The van der Waals surface area contributed by atoms with Crippen LogP contribution in [0.2, 0.25) is 0 Å². The Labute approximate surface area is 138 Å². The van der Waals surface area contributed by atoms with Crippen LogP contribution in [0.3, 0.4) is 0 Å². The van der Waals surface area contributed by atoms with Crippen LogP contribution in [0.25, 0.3) is 0 Å². The third kappa shape index (κ3) is 5.75. The number of hydrogen-bond acceptors (Lipinski definition) is 3. The Morgan fingerprint density at radius 3 is 2.48 bits per heavy atom. The molecule has 2 N–H and O–H groups in total. The Hall–Kier alpha value is -2.33. The van der Waals surface area contributed by atoms with Crippen molar-refractivity contribution in [3.05, 3.63) is 59.7 Å². The van der Waals surface area contributed by atoms with Crippen LogP contribution < -0.4 is 15.5 Å². The SMILES string of the molecule is Cc1cccc(CNCCC(=O)Nc2ccc(N(C)C)cc2)c1. The predicted molar refractivity (Wildman–Crippen MR) is 96.9 cm³/mol. The highest BCUT2D eigenvalue weighted by molar-refractivity contribution is 5.91. The minimum Gasteiger partial charge on any atom is -0.378 e. The molecule has 0 aliphatic carbocycles. The van der Waals surface area contributed by atoms with Gasteiger partial charge in [-0.2, -0.15) is 0 Å². The van der Waals surface area contributed by atoms with Crippen LogP contribution in [0.4, 0.5) is 11.4 Å². The number of benzene rings is 2. The zero-order valence-electron chi connectivity index (χ0n) is 14.1. The van der Waals surface area contributed by atoms with Crippen molar-refractivity contribution < 1.29 is 4.79 Å². The second kappa shape index (κ2) is 8.34. The quantitative estimate of drug-likeness (QED) is 0.772. The highest BCUT2D eigenvalue weighted by atomic mass is 16.1. The Balaban J connectivity index is 1.70. The van der Waals surface area contributed by atoms with Crippen molar-refractivity contribution >= 4 is 17.3 Å². The van der Waals surface area contributed by atoms with Crippen LogP contribution in [-0.4, -0.2) is 26.5 Å². The van der Waals surface area contributed by atoms with Gasteiger partial charge in [-0.3, -0.25) is 4.79 Å². The van der Waals surface area contributed by atoms with Gasteiger partial charge in [-0.1, -0.05) is 29.8 Å². The van der Waals surface area contributed by atoms with Gasteiger partial charge in [-0.25, -0.2) is 0 Å². The number of nitrogens with zero attached hydrogens (tertiary/aromatic N) is 1. The second-order valence-corrected chi connectivity index (χ2v) is 5.91. The summed E-state index contributed by atoms with van der Waals surface area (Å²) in [5.41, 5.74) is 4.44. The number of aryl methyl sites for hydroxylation is 1. The highest BCUT2D eigenvalue weighted by Crippen LogP contribution is 2.15. The molecule has 0 unspecified atom stereocenters. The summed E-state index contributed by atoms with van der Waals surface area (Å²) in [6, 6.07) is 16.2. The van der Waals surface area contributed by atoms with Gasteiger partial charge in [0.05, 0.1) is 0 Å². The van der Waals surface area contributed by atoms with Crippen molar-refractivity contribution in [2.45, 2.75) is 19.9 Å². The van der Waals surface area contributed by atoms with Gasteiger partial charge in [-0.15, -0.1) is 0 Å². The topological polar surface area (TPSA) is 44.4 Å². The summed E-state index contributed by atoms with van der Waals surface area (Å²) in [7, 11) is 3.99. The van der Waals surface area contributed by atoms with E-state index in [1.807, 2.05) is 43.3 Å². The first kappa shape index (κ1) is 17.0. The third-order valence-corrected chi connectivity index (χ3v) is 3.61. The van der Waals surface area contributed by atoms with Crippen molar-refractivity contribution in [3.8, 4) is 0 Å². The van der Waals surface area contributed by atoms with E-state index in [4.69, 9.17) is 0 Å². The molecule has 0 spiro atoms. The molecular formula is C19H25N3O. The lowest BCUT2D eigenvalue weighted by Crippen LogP contribution is -2.21. The molecule has 0 fully saturated rings. The van der Waals surface area contributed by atoms with Gasteiger partial charge >= 0.3 is 0 Å². The fourth-order valence-electron chi connectivity index (χ4n) is 2.32. The number of rotatable bonds is 7. The van der Waals surface area contributed by atoms with E-state index in [9.17, 15) is 4.79 Å². The largest absolute Gasteiger partial charge is 0.378 e. The van der Waals surface area contributed by atoms with Crippen molar-refractivity contribution in [3.63, 3.8) is 0 Å². The Kier molecular flexibility index (Phi) is 6.18. The van der Waals surface area contributed by atoms with Crippen LogP contribution in [0.1, 0.15) is 17.5 Å². The fraction of sp³-hybridized carbons (Fsp3) is 0.316. The van der Waals surface area contributed by atoms with Crippen molar-refractivity contribution in [2.75, 3.05) is 30.9 Å². The molecule has 0 radical (unpaired) electrons. The number of hydrogen-bond donors (Lipinski definition) is 2. The van der Waals surface area contributed by atoms with E-state index in [2.05, 4.69) is 41.8 Å². The fourth-order valence-corrected chi connectivity index (χ4v) is 2.32. The van der Waals surface area contributed by atoms with Crippen LogP contribution in [-0.2, 0) is 11.3 Å². The summed E-state index contributed by atoms with van der Waals surface area (Å²) in [5, 5.41) is 6.22. The van der Waals surface area contributed by atoms with E-state index in [0.29, 0.717) is 13.0 Å². The van der Waals surface area contributed by atoms with E-state index in [0.717, 1.165) is 17.9 Å². The van der Waals surface area contributed by atoms with E-state index in [1.165, 1.54) is 11.1 Å². The average Bonchev–Trinajstić information content (AvgIpc) is 2.52. The first-order valence-corrected chi connectivity index (χ1v) is 7.88. The molecular weight excluding hydrogens is 286 g/mol. The minimum absolute atomic E-state index is 0.0272. The summed E-state index contributed by atoms with van der Waals surface area (Å²) in [6.45, 7) is 3.53. The van der Waals surface area contributed by atoms with Gasteiger partial charge in [0.15, 0.2) is 0 Å². The van der Waals surface area contributed by atoms with Crippen molar-refractivity contribution in [2.24, 2.45) is 0 Å². The number of nitrogens with one attached hydrogen (secondary N) is 2. The highest BCUT2D eigenvalue weighted by Gasteiger charge is 2.03. The maximum atomic E-state index is 11.9. The summed E-state index contributed by atoms with van der Waals surface area (Å²) >= 11 is 0. The average molecular weight is 311 g/mol.